The van der Waals surface area contributed by atoms with Gasteiger partial charge in [-0.1, -0.05) is 12.1 Å². The molecular formula is C22H22FN3O4. The molecule has 2 N–H and O–H groups in total. The summed E-state index contributed by atoms with van der Waals surface area (Å²) in [5.74, 6) is -1.65. The van der Waals surface area contributed by atoms with Crippen molar-refractivity contribution in [2.45, 2.75) is 51.4 Å². The third kappa shape index (κ3) is 2.74. The highest BCUT2D eigenvalue weighted by molar-refractivity contribution is 5.99. The number of hydrogen-bond donors (Lipinski definition) is 2. The number of aryl methyl sites for hydroxylation is 1. The second kappa shape index (κ2) is 6.68. The first-order valence-corrected chi connectivity index (χ1v) is 10.2. The summed E-state index contributed by atoms with van der Waals surface area (Å²) in [4.78, 5) is 40.1. The molecule has 2 aromatic rings. The lowest BCUT2D eigenvalue weighted by Crippen LogP contribution is -2.52. The number of carbonyl (C=O) groups excluding carboxylic acids is 2. The molecule has 7 nitrogen and oxygen atoms in total. The number of hydrogen-bond acceptors (Lipinski definition) is 4. The zero-order chi connectivity index (χ0) is 21.2. The largest absolute Gasteiger partial charge is 0.503 e. The Balaban J connectivity index is 1.43. The van der Waals surface area contributed by atoms with Crippen molar-refractivity contribution in [2.75, 3.05) is 0 Å². The molecule has 0 radical (unpaired) electrons. The van der Waals surface area contributed by atoms with Crippen LogP contribution in [0.2, 0.25) is 0 Å². The van der Waals surface area contributed by atoms with Gasteiger partial charge >= 0.3 is 0 Å². The van der Waals surface area contributed by atoms with Crippen LogP contribution in [-0.4, -0.2) is 38.5 Å². The van der Waals surface area contributed by atoms with Crippen LogP contribution in [0.25, 0.3) is 0 Å². The molecule has 156 valence electrons. The predicted octanol–water partition coefficient (Wildman–Crippen LogP) is 1.94. The minimum atomic E-state index is -0.870. The molecule has 3 heterocycles. The SMILES string of the molecule is Cc1ccc(CNC(=O)c2cn3c(c(O)c2=O)C(=O)N2[C@H]4CC[C@H](C4)[C@@H]2C3)cc1F. The van der Waals surface area contributed by atoms with Crippen LogP contribution in [-0.2, 0) is 13.1 Å². The van der Waals surface area contributed by atoms with Crippen LogP contribution in [0.1, 0.15) is 51.2 Å². The molecule has 0 spiro atoms. The zero-order valence-electron chi connectivity index (χ0n) is 16.5. The minimum Gasteiger partial charge on any atom is -0.503 e. The minimum absolute atomic E-state index is 0.0388. The Morgan fingerprint density at radius 2 is 2.10 bits per heavy atom. The molecule has 30 heavy (non-hydrogen) atoms. The summed E-state index contributed by atoms with van der Waals surface area (Å²) < 4.78 is 15.2. The van der Waals surface area contributed by atoms with Crippen molar-refractivity contribution in [2.24, 2.45) is 5.92 Å². The summed E-state index contributed by atoms with van der Waals surface area (Å²) in [6.07, 6.45) is 4.35. The van der Waals surface area contributed by atoms with Gasteiger partial charge in [0.05, 0.1) is 6.04 Å². The number of nitrogens with one attached hydrogen (secondary N) is 1. The van der Waals surface area contributed by atoms with Crippen molar-refractivity contribution in [3.8, 4) is 5.75 Å². The van der Waals surface area contributed by atoms with Gasteiger partial charge in [-0.2, -0.15) is 0 Å². The molecule has 1 aromatic carbocycles. The molecular weight excluding hydrogens is 389 g/mol. The summed E-state index contributed by atoms with van der Waals surface area (Å²) in [5.41, 5.74) is -0.0806. The molecule has 0 unspecified atom stereocenters. The molecule has 2 bridgehead atoms. The second-order valence-corrected chi connectivity index (χ2v) is 8.49. The number of carbonyl (C=O) groups is 2. The van der Waals surface area contributed by atoms with E-state index in [9.17, 15) is 23.9 Å². The Bertz CT molecular complexity index is 1140. The van der Waals surface area contributed by atoms with Crippen molar-refractivity contribution >= 4 is 11.8 Å². The van der Waals surface area contributed by atoms with E-state index in [1.165, 1.54) is 12.3 Å². The van der Waals surface area contributed by atoms with E-state index in [4.69, 9.17) is 0 Å². The average molecular weight is 411 g/mol. The lowest BCUT2D eigenvalue weighted by atomic mass is 9.95. The van der Waals surface area contributed by atoms with Crippen LogP contribution in [0.5, 0.6) is 5.75 Å². The summed E-state index contributed by atoms with van der Waals surface area (Å²) in [6.45, 7) is 2.14. The standard InChI is InChI=1S/C22H22FN3O4/c1-11-2-3-12(6-16(11)23)8-24-21(29)15-9-25-10-17-13-4-5-14(7-13)26(17)22(30)18(25)20(28)19(15)27/h2-3,6,9,13-14,17,28H,4-5,7-8,10H2,1H3,(H,24,29)/t13-,14+,17+/m1/s1. The van der Waals surface area contributed by atoms with E-state index in [2.05, 4.69) is 5.32 Å². The highest BCUT2D eigenvalue weighted by atomic mass is 19.1. The second-order valence-electron chi connectivity index (χ2n) is 8.49. The number of rotatable bonds is 3. The number of halogens is 1. The van der Waals surface area contributed by atoms with Crippen LogP contribution in [0.15, 0.2) is 29.2 Å². The van der Waals surface area contributed by atoms with Gasteiger partial charge in [-0.05, 0) is 49.3 Å². The van der Waals surface area contributed by atoms with Gasteiger partial charge in [0.2, 0.25) is 5.43 Å². The van der Waals surface area contributed by atoms with Gasteiger partial charge in [0.25, 0.3) is 11.8 Å². The quantitative estimate of drug-likeness (QED) is 0.808. The van der Waals surface area contributed by atoms with Gasteiger partial charge < -0.3 is 19.9 Å². The number of pyridine rings is 1. The Morgan fingerprint density at radius 1 is 1.30 bits per heavy atom. The Kier molecular flexibility index (Phi) is 4.20. The summed E-state index contributed by atoms with van der Waals surface area (Å²) in [5, 5.41) is 13.1. The molecule has 1 aliphatic carbocycles. The average Bonchev–Trinajstić information content (AvgIpc) is 3.33. The molecule has 3 atom stereocenters. The lowest BCUT2D eigenvalue weighted by molar-refractivity contribution is 0.0482. The van der Waals surface area contributed by atoms with Crippen molar-refractivity contribution in [1.29, 1.82) is 0 Å². The fraction of sp³-hybridized carbons (Fsp3) is 0.409. The number of aromatic hydroxyl groups is 1. The van der Waals surface area contributed by atoms with E-state index in [0.717, 1.165) is 19.3 Å². The lowest BCUT2D eigenvalue weighted by Gasteiger charge is -2.40. The van der Waals surface area contributed by atoms with Gasteiger partial charge in [0, 0.05) is 25.3 Å². The summed E-state index contributed by atoms with van der Waals surface area (Å²) in [6, 6.07) is 4.85. The van der Waals surface area contributed by atoms with Crippen LogP contribution >= 0.6 is 0 Å². The van der Waals surface area contributed by atoms with Gasteiger partial charge in [-0.25, -0.2) is 4.39 Å². The topological polar surface area (TPSA) is 91.6 Å². The number of piperidine rings is 1. The van der Waals surface area contributed by atoms with E-state index in [1.54, 1.807) is 23.6 Å². The molecule has 8 heteroatoms. The highest BCUT2D eigenvalue weighted by Gasteiger charge is 2.51. The van der Waals surface area contributed by atoms with Gasteiger partial charge in [0.1, 0.15) is 11.4 Å². The first-order valence-electron chi connectivity index (χ1n) is 10.2. The molecule has 1 saturated heterocycles. The van der Waals surface area contributed by atoms with Gasteiger partial charge in [-0.3, -0.25) is 14.4 Å². The molecule has 2 amide bonds. The van der Waals surface area contributed by atoms with Crippen molar-refractivity contribution in [1.82, 2.24) is 14.8 Å². The van der Waals surface area contributed by atoms with Crippen molar-refractivity contribution in [3.05, 3.63) is 62.8 Å². The Morgan fingerprint density at radius 3 is 2.87 bits per heavy atom. The fourth-order valence-corrected chi connectivity index (χ4v) is 5.17. The molecule has 5 rings (SSSR count). The van der Waals surface area contributed by atoms with Crippen LogP contribution in [0, 0.1) is 18.7 Å². The number of fused-ring (bicyclic) bond motifs is 6. The first-order chi connectivity index (χ1) is 14.3. The van der Waals surface area contributed by atoms with Gasteiger partial charge in [-0.15, -0.1) is 0 Å². The maximum absolute atomic E-state index is 13.7. The number of amides is 2. The molecule has 3 aliphatic rings. The maximum Gasteiger partial charge on any atom is 0.275 e. The number of nitrogens with zero attached hydrogens (tertiary/aromatic N) is 2. The zero-order valence-corrected chi connectivity index (χ0v) is 16.5. The van der Waals surface area contributed by atoms with E-state index >= 15 is 0 Å². The number of benzene rings is 1. The smallest absolute Gasteiger partial charge is 0.275 e. The molecule has 2 fully saturated rings. The predicted molar refractivity (Wildman–Crippen MR) is 106 cm³/mol. The van der Waals surface area contributed by atoms with E-state index < -0.39 is 17.1 Å². The highest BCUT2D eigenvalue weighted by Crippen LogP contribution is 2.45. The fourth-order valence-electron chi connectivity index (χ4n) is 5.17. The first kappa shape index (κ1) is 18.8. The Hall–Kier alpha value is -3.16. The van der Waals surface area contributed by atoms with E-state index in [1.807, 2.05) is 4.90 Å². The molecule has 2 aliphatic heterocycles. The van der Waals surface area contributed by atoms with Crippen LogP contribution < -0.4 is 10.7 Å². The van der Waals surface area contributed by atoms with Gasteiger partial charge in [0.15, 0.2) is 11.4 Å². The molecule has 1 saturated carbocycles. The number of aromatic nitrogens is 1. The third-order valence-electron chi connectivity index (χ3n) is 6.75. The van der Waals surface area contributed by atoms with Crippen molar-refractivity contribution < 1.29 is 19.1 Å². The van der Waals surface area contributed by atoms with Crippen molar-refractivity contribution in [3.63, 3.8) is 0 Å². The maximum atomic E-state index is 13.7. The normalized spacial score (nSPS) is 24.0. The summed E-state index contributed by atoms with van der Waals surface area (Å²) in [7, 11) is 0. The Labute approximate surface area is 172 Å². The third-order valence-corrected chi connectivity index (χ3v) is 6.75. The van der Waals surface area contributed by atoms with E-state index in [-0.39, 0.29) is 41.6 Å². The van der Waals surface area contributed by atoms with Crippen LogP contribution in [0.4, 0.5) is 4.39 Å². The monoisotopic (exact) mass is 411 g/mol. The van der Waals surface area contributed by atoms with Crippen LogP contribution in [0.3, 0.4) is 0 Å². The molecule has 1 aromatic heterocycles. The summed E-state index contributed by atoms with van der Waals surface area (Å²) >= 11 is 0. The van der Waals surface area contributed by atoms with E-state index in [0.29, 0.717) is 23.6 Å².